The van der Waals surface area contributed by atoms with Crippen LogP contribution in [-0.2, 0) is 18.3 Å². The number of para-hydroxylation sites is 1. The number of thioether (sulfide) groups is 1. The highest BCUT2D eigenvalue weighted by atomic mass is 32.2. The minimum atomic E-state index is -0.389. The number of benzene rings is 2. The fraction of sp³-hybridized carbons (Fsp3) is 0.273. The second kappa shape index (κ2) is 9.05. The largest absolute Gasteiger partial charge is 0.356 e. The van der Waals surface area contributed by atoms with Crippen molar-refractivity contribution in [2.75, 3.05) is 6.54 Å². The topological polar surface area (TPSA) is 81.1 Å². The molecule has 0 bridgehead atoms. The molecule has 1 heterocycles. The van der Waals surface area contributed by atoms with Gasteiger partial charge in [-0.3, -0.25) is 19.0 Å². The smallest absolute Gasteiger partial charge is 0.261 e. The van der Waals surface area contributed by atoms with Crippen LogP contribution in [-0.4, -0.2) is 33.0 Å². The highest BCUT2D eigenvalue weighted by Gasteiger charge is 2.19. The third-order valence-electron chi connectivity index (χ3n) is 4.62. The number of nitrogens with one attached hydrogen (secondary N) is 1. The zero-order chi connectivity index (χ0) is 21.0. The number of rotatable bonds is 7. The van der Waals surface area contributed by atoms with Gasteiger partial charge >= 0.3 is 0 Å². The minimum absolute atomic E-state index is 0.0224. The number of hydrogen-bond donors (Lipinski definition) is 1. The van der Waals surface area contributed by atoms with Gasteiger partial charge in [-0.1, -0.05) is 48.2 Å². The maximum Gasteiger partial charge on any atom is 0.261 e. The van der Waals surface area contributed by atoms with Crippen LogP contribution in [0.3, 0.4) is 0 Å². The van der Waals surface area contributed by atoms with Gasteiger partial charge in [-0.15, -0.1) is 0 Å². The molecule has 0 saturated carbocycles. The molecule has 7 heteroatoms. The van der Waals surface area contributed by atoms with Gasteiger partial charge in [0.1, 0.15) is 0 Å². The van der Waals surface area contributed by atoms with E-state index in [4.69, 9.17) is 0 Å². The standard InChI is InChI=1S/C22H23N3O3S/c1-14(20(27)17-10-8-16(9-11-17)12-13-23-15(2)26)29-22-24-19-7-5-4-6-18(19)21(28)25(22)3/h4-11,14H,12-13H2,1-3H3,(H,23,26). The van der Waals surface area contributed by atoms with Crippen LogP contribution in [0.1, 0.15) is 29.8 Å². The third-order valence-corrected chi connectivity index (χ3v) is 5.76. The molecule has 0 spiro atoms. The molecule has 0 aliphatic rings. The van der Waals surface area contributed by atoms with Crippen LogP contribution < -0.4 is 10.9 Å². The summed E-state index contributed by atoms with van der Waals surface area (Å²) in [5.41, 5.74) is 2.16. The van der Waals surface area contributed by atoms with Crippen molar-refractivity contribution >= 4 is 34.4 Å². The Morgan fingerprint density at radius 3 is 2.52 bits per heavy atom. The zero-order valence-corrected chi connectivity index (χ0v) is 17.5. The summed E-state index contributed by atoms with van der Waals surface area (Å²) in [6.07, 6.45) is 0.710. The van der Waals surface area contributed by atoms with Crippen LogP contribution in [0, 0.1) is 0 Å². The Hall–Kier alpha value is -2.93. The number of ketones is 1. The van der Waals surface area contributed by atoms with Gasteiger partial charge < -0.3 is 5.32 Å². The van der Waals surface area contributed by atoms with Crippen molar-refractivity contribution in [1.82, 2.24) is 14.9 Å². The lowest BCUT2D eigenvalue weighted by atomic mass is 10.0. The molecular formula is C22H23N3O3S. The second-order valence-electron chi connectivity index (χ2n) is 6.83. The predicted octanol–water partition coefficient (Wildman–Crippen LogP) is 2.98. The van der Waals surface area contributed by atoms with Crippen LogP contribution in [0.25, 0.3) is 10.9 Å². The maximum absolute atomic E-state index is 12.8. The van der Waals surface area contributed by atoms with Gasteiger partial charge in [0.2, 0.25) is 5.91 Å². The lowest BCUT2D eigenvalue weighted by Gasteiger charge is -2.13. The Morgan fingerprint density at radius 2 is 1.83 bits per heavy atom. The third kappa shape index (κ3) is 4.92. The first-order valence-electron chi connectivity index (χ1n) is 9.37. The predicted molar refractivity (Wildman–Crippen MR) is 115 cm³/mol. The van der Waals surface area contributed by atoms with Crippen molar-refractivity contribution in [3.8, 4) is 0 Å². The summed E-state index contributed by atoms with van der Waals surface area (Å²) in [4.78, 5) is 40.9. The van der Waals surface area contributed by atoms with E-state index in [2.05, 4.69) is 10.3 Å². The van der Waals surface area contributed by atoms with Gasteiger partial charge in [0.05, 0.1) is 16.2 Å². The Bertz CT molecular complexity index is 1110. The highest BCUT2D eigenvalue weighted by molar-refractivity contribution is 8.00. The lowest BCUT2D eigenvalue weighted by Crippen LogP contribution is -2.22. The average molecular weight is 410 g/mol. The maximum atomic E-state index is 12.8. The first-order chi connectivity index (χ1) is 13.9. The SMILES string of the molecule is CC(=O)NCCc1ccc(C(=O)C(C)Sc2nc3ccccc3c(=O)n2C)cc1. The van der Waals surface area contributed by atoms with Crippen molar-refractivity contribution in [1.29, 1.82) is 0 Å². The van der Waals surface area contributed by atoms with E-state index in [1.807, 2.05) is 31.2 Å². The zero-order valence-electron chi connectivity index (χ0n) is 16.6. The molecular weight excluding hydrogens is 386 g/mol. The van der Waals surface area contributed by atoms with E-state index in [1.165, 1.54) is 23.3 Å². The molecule has 1 unspecified atom stereocenters. The number of hydrogen-bond acceptors (Lipinski definition) is 5. The van der Waals surface area contributed by atoms with E-state index in [0.717, 1.165) is 5.56 Å². The van der Waals surface area contributed by atoms with E-state index in [-0.39, 0.29) is 22.5 Å². The number of amides is 1. The summed E-state index contributed by atoms with van der Waals surface area (Å²) in [5, 5.41) is 3.44. The van der Waals surface area contributed by atoms with E-state index >= 15 is 0 Å². The normalized spacial score (nSPS) is 12.0. The van der Waals surface area contributed by atoms with Crippen molar-refractivity contribution < 1.29 is 9.59 Å². The minimum Gasteiger partial charge on any atom is -0.356 e. The molecule has 1 N–H and O–H groups in total. The quantitative estimate of drug-likeness (QED) is 0.369. The van der Waals surface area contributed by atoms with Crippen LogP contribution in [0.15, 0.2) is 58.5 Å². The van der Waals surface area contributed by atoms with E-state index in [9.17, 15) is 14.4 Å². The van der Waals surface area contributed by atoms with Gasteiger partial charge in [0.15, 0.2) is 10.9 Å². The van der Waals surface area contributed by atoms with Gasteiger partial charge in [0.25, 0.3) is 5.56 Å². The molecule has 3 rings (SSSR count). The first-order valence-corrected chi connectivity index (χ1v) is 10.2. The van der Waals surface area contributed by atoms with E-state index in [1.54, 1.807) is 31.3 Å². The van der Waals surface area contributed by atoms with Gasteiger partial charge in [-0.05, 0) is 31.0 Å². The highest BCUT2D eigenvalue weighted by Crippen LogP contribution is 2.24. The molecule has 6 nitrogen and oxygen atoms in total. The summed E-state index contributed by atoms with van der Waals surface area (Å²) in [6, 6.07) is 14.6. The van der Waals surface area contributed by atoms with E-state index < -0.39 is 0 Å². The van der Waals surface area contributed by atoms with Gasteiger partial charge in [-0.25, -0.2) is 4.98 Å². The van der Waals surface area contributed by atoms with Crippen LogP contribution >= 0.6 is 11.8 Å². The molecule has 3 aromatic rings. The number of carbonyl (C=O) groups is 2. The molecule has 2 aromatic carbocycles. The van der Waals surface area contributed by atoms with Crippen LogP contribution in [0.2, 0.25) is 0 Å². The Labute approximate surface area is 173 Å². The summed E-state index contributed by atoms with van der Waals surface area (Å²) < 4.78 is 1.49. The number of carbonyl (C=O) groups excluding carboxylic acids is 2. The fourth-order valence-corrected chi connectivity index (χ4v) is 3.92. The molecule has 0 aliphatic carbocycles. The average Bonchev–Trinajstić information content (AvgIpc) is 2.71. The number of aromatic nitrogens is 2. The monoisotopic (exact) mass is 409 g/mol. The molecule has 0 saturated heterocycles. The lowest BCUT2D eigenvalue weighted by molar-refractivity contribution is -0.118. The number of fused-ring (bicyclic) bond motifs is 1. The molecule has 1 aromatic heterocycles. The Morgan fingerprint density at radius 1 is 1.14 bits per heavy atom. The van der Waals surface area contributed by atoms with Crippen LogP contribution in [0.4, 0.5) is 0 Å². The molecule has 1 atom stereocenters. The summed E-state index contributed by atoms with van der Waals surface area (Å²) in [5.74, 6) is -0.0785. The fourth-order valence-electron chi connectivity index (χ4n) is 2.97. The second-order valence-corrected chi connectivity index (χ2v) is 8.14. The molecule has 0 radical (unpaired) electrons. The van der Waals surface area contributed by atoms with Gasteiger partial charge in [-0.2, -0.15) is 0 Å². The van der Waals surface area contributed by atoms with E-state index in [0.29, 0.717) is 34.6 Å². The van der Waals surface area contributed by atoms with Crippen molar-refractivity contribution in [3.63, 3.8) is 0 Å². The molecule has 0 aliphatic heterocycles. The first kappa shape index (κ1) is 20.8. The van der Waals surface area contributed by atoms with Crippen LogP contribution in [0.5, 0.6) is 0 Å². The van der Waals surface area contributed by atoms with Crippen molar-refractivity contribution in [3.05, 3.63) is 70.0 Å². The number of nitrogens with zero attached hydrogens (tertiary/aromatic N) is 2. The Balaban J connectivity index is 1.72. The van der Waals surface area contributed by atoms with Crippen molar-refractivity contribution in [2.45, 2.75) is 30.7 Å². The molecule has 29 heavy (non-hydrogen) atoms. The molecule has 1 amide bonds. The summed E-state index contributed by atoms with van der Waals surface area (Å²) in [6.45, 7) is 3.87. The Kier molecular flexibility index (Phi) is 6.49. The van der Waals surface area contributed by atoms with Crippen molar-refractivity contribution in [2.24, 2.45) is 7.05 Å². The summed E-state index contributed by atoms with van der Waals surface area (Å²) >= 11 is 1.28. The van der Waals surface area contributed by atoms with Gasteiger partial charge in [0, 0.05) is 26.1 Å². The number of Topliss-reactive ketones (excluding diaryl/α,β-unsaturated/α-hetero) is 1. The molecule has 0 fully saturated rings. The molecule has 150 valence electrons. The summed E-state index contributed by atoms with van der Waals surface area (Å²) in [7, 11) is 1.67.